The average Bonchev–Trinajstić information content (AvgIpc) is 2.38. The van der Waals surface area contributed by atoms with E-state index in [4.69, 9.17) is 4.74 Å². The van der Waals surface area contributed by atoms with Crippen molar-refractivity contribution in [2.45, 2.75) is 63.6 Å². The van der Waals surface area contributed by atoms with Gasteiger partial charge in [0.15, 0.2) is 0 Å². The van der Waals surface area contributed by atoms with E-state index in [9.17, 15) is 0 Å². The summed E-state index contributed by atoms with van der Waals surface area (Å²) in [7, 11) is 0. The number of hydrogen-bond acceptors (Lipinski definition) is 1. The fourth-order valence-electron chi connectivity index (χ4n) is 3.83. The van der Waals surface area contributed by atoms with Gasteiger partial charge in [0.25, 0.3) is 0 Å². The van der Waals surface area contributed by atoms with E-state index in [1.165, 1.54) is 51.4 Å². The summed E-state index contributed by atoms with van der Waals surface area (Å²) < 4.78 is 6.23. The Hall–Kier alpha value is -0.560. The van der Waals surface area contributed by atoms with Crippen LogP contribution in [0.15, 0.2) is 23.8 Å². The van der Waals surface area contributed by atoms with Gasteiger partial charge in [-0.1, -0.05) is 24.5 Å². The van der Waals surface area contributed by atoms with Crippen LogP contribution in [-0.2, 0) is 4.74 Å². The first-order valence-corrected chi connectivity index (χ1v) is 6.90. The third kappa shape index (κ3) is 1.66. The van der Waals surface area contributed by atoms with Gasteiger partial charge in [0.05, 0.1) is 12.2 Å². The van der Waals surface area contributed by atoms with Crippen LogP contribution in [0.2, 0.25) is 0 Å². The summed E-state index contributed by atoms with van der Waals surface area (Å²) in [6.45, 7) is 3.95. The van der Waals surface area contributed by atoms with Gasteiger partial charge in [-0.3, -0.25) is 0 Å². The van der Waals surface area contributed by atoms with E-state index in [1.807, 2.05) is 6.08 Å². The van der Waals surface area contributed by atoms with Gasteiger partial charge >= 0.3 is 0 Å². The maximum Gasteiger partial charge on any atom is 0.0970 e. The second kappa shape index (κ2) is 4.37. The zero-order chi connectivity index (χ0) is 11.0. The van der Waals surface area contributed by atoms with Crippen molar-refractivity contribution in [3.05, 3.63) is 23.8 Å². The van der Waals surface area contributed by atoms with Gasteiger partial charge in [-0.15, -0.1) is 6.58 Å². The third-order valence-corrected chi connectivity index (χ3v) is 4.58. The van der Waals surface area contributed by atoms with Crippen molar-refractivity contribution in [3.63, 3.8) is 0 Å². The molecule has 0 spiro atoms. The topological polar surface area (TPSA) is 9.23 Å². The Kier molecular flexibility index (Phi) is 2.89. The lowest BCUT2D eigenvalue weighted by Gasteiger charge is -2.43. The molecule has 2 aliphatic carbocycles. The summed E-state index contributed by atoms with van der Waals surface area (Å²) in [5.74, 6) is 0.764. The van der Waals surface area contributed by atoms with E-state index >= 15 is 0 Å². The molecule has 0 aromatic heterocycles. The Morgan fingerprint density at radius 1 is 1.00 bits per heavy atom. The molecule has 0 aromatic rings. The van der Waals surface area contributed by atoms with Crippen molar-refractivity contribution in [1.82, 2.24) is 0 Å². The molecular formula is C15H22O. The van der Waals surface area contributed by atoms with Crippen molar-refractivity contribution in [1.29, 1.82) is 0 Å². The lowest BCUT2D eigenvalue weighted by Crippen LogP contribution is -2.39. The van der Waals surface area contributed by atoms with E-state index in [2.05, 4.69) is 6.58 Å². The molecule has 3 aliphatic rings. The summed E-state index contributed by atoms with van der Waals surface area (Å²) in [4.78, 5) is 0. The molecule has 3 rings (SSSR count). The standard InChI is InChI=1S/C15H22O/c1-2-14-12-8-4-3-7-11(12)13-9-5-6-10-15(13)16-14/h2,13-15H,1,3-10H2/t13-,14-,15+/m1/s1. The molecule has 0 bridgehead atoms. The predicted molar refractivity (Wildman–Crippen MR) is 66.3 cm³/mol. The van der Waals surface area contributed by atoms with Gasteiger partial charge in [-0.05, 0) is 44.1 Å². The van der Waals surface area contributed by atoms with Crippen LogP contribution in [0.4, 0.5) is 0 Å². The summed E-state index contributed by atoms with van der Waals surface area (Å²) >= 11 is 0. The minimum Gasteiger partial charge on any atom is -0.366 e. The predicted octanol–water partition coefficient (Wildman–Crippen LogP) is 4.00. The molecule has 3 atom stereocenters. The number of fused-ring (bicyclic) bond motifs is 2. The highest BCUT2D eigenvalue weighted by molar-refractivity contribution is 5.30. The minimum absolute atomic E-state index is 0.245. The van der Waals surface area contributed by atoms with Gasteiger partial charge in [0, 0.05) is 5.92 Å². The summed E-state index contributed by atoms with van der Waals surface area (Å²) in [6, 6.07) is 0. The molecular weight excluding hydrogens is 196 g/mol. The van der Waals surface area contributed by atoms with Crippen molar-refractivity contribution < 1.29 is 4.74 Å². The molecule has 1 aliphatic heterocycles. The monoisotopic (exact) mass is 218 g/mol. The van der Waals surface area contributed by atoms with E-state index < -0.39 is 0 Å². The molecule has 1 saturated carbocycles. The van der Waals surface area contributed by atoms with Gasteiger partial charge in [0.2, 0.25) is 0 Å². The molecule has 1 heteroatoms. The second-order valence-electron chi connectivity index (χ2n) is 5.48. The van der Waals surface area contributed by atoms with Crippen LogP contribution >= 0.6 is 0 Å². The summed E-state index contributed by atoms with van der Waals surface area (Å²) in [5.41, 5.74) is 3.37. The van der Waals surface area contributed by atoms with Gasteiger partial charge in [-0.25, -0.2) is 0 Å². The Morgan fingerprint density at radius 2 is 1.75 bits per heavy atom. The third-order valence-electron chi connectivity index (χ3n) is 4.58. The van der Waals surface area contributed by atoms with Crippen molar-refractivity contribution in [2.24, 2.45) is 5.92 Å². The molecule has 0 aromatic carbocycles. The van der Waals surface area contributed by atoms with Crippen molar-refractivity contribution in [2.75, 3.05) is 0 Å². The largest absolute Gasteiger partial charge is 0.366 e. The Morgan fingerprint density at radius 3 is 2.56 bits per heavy atom. The van der Waals surface area contributed by atoms with Crippen LogP contribution in [0, 0.1) is 5.92 Å². The summed E-state index contributed by atoms with van der Waals surface area (Å²) in [6.07, 6.45) is 13.5. The minimum atomic E-state index is 0.245. The Balaban J connectivity index is 1.94. The zero-order valence-electron chi connectivity index (χ0n) is 10.1. The Labute approximate surface area is 98.6 Å². The highest BCUT2D eigenvalue weighted by Crippen LogP contribution is 2.45. The van der Waals surface area contributed by atoms with Crippen LogP contribution in [0.3, 0.4) is 0 Å². The molecule has 16 heavy (non-hydrogen) atoms. The molecule has 88 valence electrons. The first-order chi connectivity index (χ1) is 7.90. The molecule has 0 radical (unpaired) electrons. The van der Waals surface area contributed by atoms with Crippen LogP contribution in [-0.4, -0.2) is 12.2 Å². The van der Waals surface area contributed by atoms with E-state index in [1.54, 1.807) is 11.1 Å². The molecule has 1 heterocycles. The van der Waals surface area contributed by atoms with Gasteiger partial charge in [0.1, 0.15) is 0 Å². The Bertz CT molecular complexity index is 315. The molecule has 1 fully saturated rings. The molecule has 0 saturated heterocycles. The zero-order valence-corrected chi connectivity index (χ0v) is 10.1. The number of ether oxygens (including phenoxy) is 1. The van der Waals surface area contributed by atoms with E-state index in [-0.39, 0.29) is 6.10 Å². The van der Waals surface area contributed by atoms with Crippen LogP contribution in [0.25, 0.3) is 0 Å². The maximum atomic E-state index is 6.23. The molecule has 0 unspecified atom stereocenters. The van der Waals surface area contributed by atoms with Crippen LogP contribution in [0.5, 0.6) is 0 Å². The number of hydrogen-bond donors (Lipinski definition) is 0. The SMILES string of the molecule is C=C[C@H]1O[C@H]2CCCC[C@@H]2C2=C1CCCC2. The molecule has 1 nitrogen and oxygen atoms in total. The van der Waals surface area contributed by atoms with Crippen LogP contribution in [0.1, 0.15) is 51.4 Å². The van der Waals surface area contributed by atoms with E-state index in [0.717, 1.165) is 5.92 Å². The second-order valence-corrected chi connectivity index (χ2v) is 5.48. The molecule has 0 amide bonds. The first kappa shape index (κ1) is 10.6. The van der Waals surface area contributed by atoms with E-state index in [0.29, 0.717) is 6.10 Å². The smallest absolute Gasteiger partial charge is 0.0970 e. The number of rotatable bonds is 1. The molecule has 0 N–H and O–H groups in total. The highest BCUT2D eigenvalue weighted by atomic mass is 16.5. The summed E-state index contributed by atoms with van der Waals surface area (Å²) in [5, 5.41) is 0. The van der Waals surface area contributed by atoms with Crippen LogP contribution < -0.4 is 0 Å². The normalized spacial score (nSPS) is 38.9. The van der Waals surface area contributed by atoms with Crippen molar-refractivity contribution in [3.8, 4) is 0 Å². The quantitative estimate of drug-likeness (QED) is 0.604. The average molecular weight is 218 g/mol. The highest BCUT2D eigenvalue weighted by Gasteiger charge is 2.38. The first-order valence-electron chi connectivity index (χ1n) is 6.90. The fourth-order valence-corrected chi connectivity index (χ4v) is 3.83. The lowest BCUT2D eigenvalue weighted by atomic mass is 9.72. The fraction of sp³-hybridized carbons (Fsp3) is 0.733. The maximum absolute atomic E-state index is 6.23. The lowest BCUT2D eigenvalue weighted by molar-refractivity contribution is -0.0358. The van der Waals surface area contributed by atoms with Gasteiger partial charge in [-0.2, -0.15) is 0 Å². The van der Waals surface area contributed by atoms with Gasteiger partial charge < -0.3 is 4.74 Å². The van der Waals surface area contributed by atoms with Crippen molar-refractivity contribution >= 4 is 0 Å².